The second-order valence-corrected chi connectivity index (χ2v) is 3.17. The maximum absolute atomic E-state index is 10.4. The molecule has 0 unspecified atom stereocenters. The van der Waals surface area contributed by atoms with Crippen molar-refractivity contribution in [2.24, 2.45) is 0 Å². The van der Waals surface area contributed by atoms with Gasteiger partial charge in [-0.2, -0.15) is 0 Å². The molecule has 0 amide bonds. The van der Waals surface area contributed by atoms with E-state index in [-0.39, 0.29) is 0 Å². The van der Waals surface area contributed by atoms with E-state index >= 15 is 0 Å². The van der Waals surface area contributed by atoms with Crippen LogP contribution in [0.1, 0.15) is 24.9 Å². The van der Waals surface area contributed by atoms with Gasteiger partial charge >= 0.3 is 0 Å². The quantitative estimate of drug-likeness (QED) is 0.812. The average Bonchev–Trinajstić information content (AvgIpc) is 2.88. The van der Waals surface area contributed by atoms with Gasteiger partial charge in [0, 0.05) is 0 Å². The Balaban J connectivity index is 2.45. The third-order valence-electron chi connectivity index (χ3n) is 2.37. The standard InChI is InChI=1S/C11H12O3/c1-2-11(12,9-5-3-7-13-9)10-6-4-8-14-10/h3-8,12H,2H2,1H3. The molecule has 0 aromatic carbocycles. The van der Waals surface area contributed by atoms with Crippen LogP contribution in [0.4, 0.5) is 0 Å². The average molecular weight is 192 g/mol. The molecule has 3 nitrogen and oxygen atoms in total. The molecule has 3 heteroatoms. The molecule has 74 valence electrons. The molecule has 2 heterocycles. The van der Waals surface area contributed by atoms with Gasteiger partial charge in [-0.1, -0.05) is 6.92 Å². The van der Waals surface area contributed by atoms with Crippen LogP contribution >= 0.6 is 0 Å². The van der Waals surface area contributed by atoms with Crippen LogP contribution in [0.5, 0.6) is 0 Å². The summed E-state index contributed by atoms with van der Waals surface area (Å²) in [6.07, 6.45) is 3.59. The van der Waals surface area contributed by atoms with Crippen LogP contribution in [0, 0.1) is 0 Å². The highest BCUT2D eigenvalue weighted by molar-refractivity contribution is 5.22. The van der Waals surface area contributed by atoms with E-state index < -0.39 is 5.60 Å². The van der Waals surface area contributed by atoms with Crippen molar-refractivity contribution in [3.05, 3.63) is 48.3 Å². The Morgan fingerprint density at radius 1 is 1.14 bits per heavy atom. The fraction of sp³-hybridized carbons (Fsp3) is 0.273. The summed E-state index contributed by atoms with van der Waals surface area (Å²) in [6.45, 7) is 1.88. The molecule has 2 aromatic heterocycles. The Morgan fingerprint density at radius 2 is 1.64 bits per heavy atom. The van der Waals surface area contributed by atoms with Crippen molar-refractivity contribution in [3.63, 3.8) is 0 Å². The van der Waals surface area contributed by atoms with Crippen LogP contribution in [0.25, 0.3) is 0 Å². The van der Waals surface area contributed by atoms with Crippen molar-refractivity contribution in [2.75, 3.05) is 0 Å². The van der Waals surface area contributed by atoms with Gasteiger partial charge in [-0.05, 0) is 30.7 Å². The summed E-state index contributed by atoms with van der Waals surface area (Å²) in [5.74, 6) is 1.02. The summed E-state index contributed by atoms with van der Waals surface area (Å²) in [5, 5.41) is 10.4. The highest BCUT2D eigenvalue weighted by Gasteiger charge is 2.35. The topological polar surface area (TPSA) is 46.5 Å². The summed E-state index contributed by atoms with van der Waals surface area (Å²) in [7, 11) is 0. The molecule has 0 aliphatic carbocycles. The molecule has 0 fully saturated rings. The van der Waals surface area contributed by atoms with Crippen LogP contribution in [-0.2, 0) is 5.60 Å². The third kappa shape index (κ3) is 1.26. The van der Waals surface area contributed by atoms with Gasteiger partial charge in [-0.25, -0.2) is 0 Å². The minimum absolute atomic E-state index is 0.508. The lowest BCUT2D eigenvalue weighted by Gasteiger charge is -2.21. The molecular weight excluding hydrogens is 180 g/mol. The summed E-state index contributed by atoms with van der Waals surface area (Å²) in [6, 6.07) is 6.98. The van der Waals surface area contributed by atoms with E-state index in [2.05, 4.69) is 0 Å². The number of furan rings is 2. The van der Waals surface area contributed by atoms with E-state index in [0.717, 1.165) is 0 Å². The van der Waals surface area contributed by atoms with Crippen LogP contribution in [-0.4, -0.2) is 5.11 Å². The zero-order valence-electron chi connectivity index (χ0n) is 7.93. The molecule has 0 bridgehead atoms. The first-order valence-electron chi connectivity index (χ1n) is 4.57. The zero-order valence-corrected chi connectivity index (χ0v) is 7.93. The maximum atomic E-state index is 10.4. The highest BCUT2D eigenvalue weighted by atomic mass is 16.4. The minimum Gasteiger partial charge on any atom is -0.466 e. The van der Waals surface area contributed by atoms with Crippen molar-refractivity contribution < 1.29 is 13.9 Å². The lowest BCUT2D eigenvalue weighted by Crippen LogP contribution is -2.24. The van der Waals surface area contributed by atoms with Gasteiger partial charge < -0.3 is 13.9 Å². The molecule has 0 aliphatic rings. The molecule has 14 heavy (non-hydrogen) atoms. The van der Waals surface area contributed by atoms with E-state index in [1.54, 1.807) is 36.8 Å². The third-order valence-corrected chi connectivity index (χ3v) is 2.37. The van der Waals surface area contributed by atoms with E-state index in [1.165, 1.54) is 0 Å². The Kier molecular flexibility index (Phi) is 2.17. The van der Waals surface area contributed by atoms with Gasteiger partial charge in [0.05, 0.1) is 12.5 Å². The SMILES string of the molecule is CCC(O)(c1ccco1)c1ccco1. The molecule has 0 saturated heterocycles. The van der Waals surface area contributed by atoms with E-state index in [0.29, 0.717) is 17.9 Å². The van der Waals surface area contributed by atoms with Gasteiger partial charge in [0.2, 0.25) is 0 Å². The van der Waals surface area contributed by atoms with E-state index in [1.807, 2.05) is 6.92 Å². The molecule has 0 aliphatic heterocycles. The van der Waals surface area contributed by atoms with Crippen molar-refractivity contribution in [1.29, 1.82) is 0 Å². The predicted molar refractivity (Wildman–Crippen MR) is 50.7 cm³/mol. The van der Waals surface area contributed by atoms with Crippen molar-refractivity contribution in [1.82, 2.24) is 0 Å². The number of hydrogen-bond donors (Lipinski definition) is 1. The Morgan fingerprint density at radius 3 is 1.93 bits per heavy atom. The molecule has 2 rings (SSSR count). The van der Waals surface area contributed by atoms with Crippen LogP contribution in [0.3, 0.4) is 0 Å². The number of rotatable bonds is 3. The molecule has 0 saturated carbocycles. The van der Waals surface area contributed by atoms with Gasteiger partial charge in [0.1, 0.15) is 11.5 Å². The maximum Gasteiger partial charge on any atom is 0.179 e. The first-order valence-corrected chi connectivity index (χ1v) is 4.57. The molecular formula is C11H12O3. The van der Waals surface area contributed by atoms with E-state index in [4.69, 9.17) is 8.83 Å². The molecule has 1 N–H and O–H groups in total. The minimum atomic E-state index is -1.15. The lowest BCUT2D eigenvalue weighted by molar-refractivity contribution is 0.0310. The summed E-state index contributed by atoms with van der Waals surface area (Å²) >= 11 is 0. The number of aliphatic hydroxyl groups is 1. The summed E-state index contributed by atoms with van der Waals surface area (Å²) in [4.78, 5) is 0. The van der Waals surface area contributed by atoms with Crippen LogP contribution in [0.15, 0.2) is 45.6 Å². The lowest BCUT2D eigenvalue weighted by atomic mass is 9.94. The fourth-order valence-corrected chi connectivity index (χ4v) is 1.50. The summed E-state index contributed by atoms with van der Waals surface area (Å²) < 4.78 is 10.4. The first-order chi connectivity index (χ1) is 6.77. The second-order valence-electron chi connectivity index (χ2n) is 3.17. The Labute approximate surface area is 82.0 Å². The predicted octanol–water partition coefficient (Wildman–Crippen LogP) is 2.52. The monoisotopic (exact) mass is 192 g/mol. The van der Waals surface area contributed by atoms with Crippen molar-refractivity contribution in [2.45, 2.75) is 18.9 Å². The Hall–Kier alpha value is -1.48. The molecule has 0 atom stereocenters. The largest absolute Gasteiger partial charge is 0.466 e. The zero-order chi connectivity index (χ0) is 10.0. The van der Waals surface area contributed by atoms with Gasteiger partial charge in [-0.15, -0.1) is 0 Å². The smallest absolute Gasteiger partial charge is 0.179 e. The summed E-state index contributed by atoms with van der Waals surface area (Å²) in [5.41, 5.74) is -1.15. The molecule has 0 spiro atoms. The van der Waals surface area contributed by atoms with Gasteiger partial charge in [0.25, 0.3) is 0 Å². The van der Waals surface area contributed by atoms with Crippen LogP contribution in [0.2, 0.25) is 0 Å². The number of hydrogen-bond acceptors (Lipinski definition) is 3. The highest BCUT2D eigenvalue weighted by Crippen LogP contribution is 2.33. The van der Waals surface area contributed by atoms with Crippen molar-refractivity contribution >= 4 is 0 Å². The van der Waals surface area contributed by atoms with Crippen LogP contribution < -0.4 is 0 Å². The second kappa shape index (κ2) is 3.35. The Bertz CT molecular complexity index is 338. The van der Waals surface area contributed by atoms with E-state index in [9.17, 15) is 5.11 Å². The van der Waals surface area contributed by atoms with Gasteiger partial charge in [-0.3, -0.25) is 0 Å². The first kappa shape index (κ1) is 9.09. The molecule has 2 aromatic rings. The molecule has 0 radical (unpaired) electrons. The van der Waals surface area contributed by atoms with Crippen molar-refractivity contribution in [3.8, 4) is 0 Å². The van der Waals surface area contributed by atoms with Gasteiger partial charge in [0.15, 0.2) is 5.60 Å². The fourth-order valence-electron chi connectivity index (χ4n) is 1.50. The normalized spacial score (nSPS) is 11.9.